The monoisotopic (exact) mass is 459 g/mol. The van der Waals surface area contributed by atoms with Crippen LogP contribution in [-0.2, 0) is 17.5 Å². The van der Waals surface area contributed by atoms with Gasteiger partial charge in [0.05, 0.1) is 21.5 Å². The van der Waals surface area contributed by atoms with Crippen LogP contribution in [0.2, 0.25) is 10.0 Å². The molecular formula is C22H22Cl2F3NO2. The smallest absolute Gasteiger partial charge is 0.416 e. The first-order valence-corrected chi connectivity index (χ1v) is 10.4. The summed E-state index contributed by atoms with van der Waals surface area (Å²) in [5, 5.41) is 10.5. The van der Waals surface area contributed by atoms with Gasteiger partial charge in [0.15, 0.2) is 0 Å². The molecule has 30 heavy (non-hydrogen) atoms. The van der Waals surface area contributed by atoms with Gasteiger partial charge in [-0.1, -0.05) is 48.3 Å². The number of aliphatic carboxylic acids is 1. The van der Waals surface area contributed by atoms with Crippen LogP contribution < -0.4 is 0 Å². The summed E-state index contributed by atoms with van der Waals surface area (Å²) in [5.41, 5.74) is 0.862. The van der Waals surface area contributed by atoms with Crippen molar-refractivity contribution in [1.82, 2.24) is 4.90 Å². The van der Waals surface area contributed by atoms with E-state index >= 15 is 0 Å². The molecule has 3 rings (SSSR count). The molecule has 8 heteroatoms. The average molecular weight is 460 g/mol. The third kappa shape index (κ3) is 5.10. The lowest BCUT2D eigenvalue weighted by Gasteiger charge is -2.44. The quantitative estimate of drug-likeness (QED) is 0.532. The molecule has 0 aromatic heterocycles. The van der Waals surface area contributed by atoms with Gasteiger partial charge in [-0.2, -0.15) is 13.2 Å². The Labute approximate surface area is 183 Å². The fourth-order valence-electron chi connectivity index (χ4n) is 4.13. The topological polar surface area (TPSA) is 40.5 Å². The van der Waals surface area contributed by atoms with E-state index in [4.69, 9.17) is 23.2 Å². The minimum Gasteiger partial charge on any atom is -0.481 e. The number of nitrogens with zero attached hydrogens (tertiary/aromatic N) is 1. The maximum absolute atomic E-state index is 13.0. The first kappa shape index (κ1) is 22.9. The number of carboxylic acids is 1. The van der Waals surface area contributed by atoms with Gasteiger partial charge in [-0.25, -0.2) is 0 Å². The molecule has 1 heterocycles. The second-order valence-corrected chi connectivity index (χ2v) is 8.44. The summed E-state index contributed by atoms with van der Waals surface area (Å²) in [6.45, 7) is 2.48. The Bertz CT molecular complexity index is 902. The van der Waals surface area contributed by atoms with Crippen LogP contribution in [0.3, 0.4) is 0 Å². The molecule has 0 saturated carbocycles. The SMILES string of the molecule is CC[C@@H]1C[C@@H](C(=O)O)CC(c2ccc(C(F)(F)F)cc2)N1Cc1ccc(Cl)c(Cl)c1. The van der Waals surface area contributed by atoms with E-state index in [0.717, 1.165) is 24.1 Å². The maximum Gasteiger partial charge on any atom is 0.416 e. The van der Waals surface area contributed by atoms with Gasteiger partial charge >= 0.3 is 12.1 Å². The van der Waals surface area contributed by atoms with Gasteiger partial charge in [0, 0.05) is 18.6 Å². The van der Waals surface area contributed by atoms with Crippen LogP contribution in [-0.4, -0.2) is 22.0 Å². The number of carbonyl (C=O) groups is 1. The summed E-state index contributed by atoms with van der Waals surface area (Å²) in [7, 11) is 0. The number of carboxylic acid groups (broad SMARTS) is 1. The summed E-state index contributed by atoms with van der Waals surface area (Å²) < 4.78 is 38.9. The number of piperidine rings is 1. The molecule has 1 aliphatic rings. The molecule has 0 radical (unpaired) electrons. The maximum atomic E-state index is 13.0. The predicted octanol–water partition coefficient (Wildman–Crippen LogP) is 6.83. The number of likely N-dealkylation sites (tertiary alicyclic amines) is 1. The Morgan fingerprint density at radius 3 is 2.30 bits per heavy atom. The van der Waals surface area contributed by atoms with Crippen molar-refractivity contribution < 1.29 is 23.1 Å². The Morgan fingerprint density at radius 2 is 1.77 bits per heavy atom. The van der Waals surface area contributed by atoms with Crippen LogP contribution in [0.1, 0.15) is 48.9 Å². The number of benzene rings is 2. The van der Waals surface area contributed by atoms with E-state index in [1.54, 1.807) is 12.1 Å². The van der Waals surface area contributed by atoms with Crippen LogP contribution in [0, 0.1) is 5.92 Å². The van der Waals surface area contributed by atoms with E-state index in [9.17, 15) is 23.1 Å². The molecule has 1 unspecified atom stereocenters. The van der Waals surface area contributed by atoms with Crippen molar-refractivity contribution in [3.63, 3.8) is 0 Å². The van der Waals surface area contributed by atoms with Crippen molar-refractivity contribution in [1.29, 1.82) is 0 Å². The Kier molecular flexibility index (Phi) is 7.00. The van der Waals surface area contributed by atoms with Crippen LogP contribution in [0.4, 0.5) is 13.2 Å². The molecule has 0 spiro atoms. The van der Waals surface area contributed by atoms with E-state index in [0.29, 0.717) is 35.0 Å². The highest BCUT2D eigenvalue weighted by molar-refractivity contribution is 6.42. The fourth-order valence-corrected chi connectivity index (χ4v) is 4.45. The molecule has 1 N–H and O–H groups in total. The zero-order valence-electron chi connectivity index (χ0n) is 16.3. The minimum atomic E-state index is -4.42. The lowest BCUT2D eigenvalue weighted by Crippen LogP contribution is -2.45. The Morgan fingerprint density at radius 1 is 1.10 bits per heavy atom. The molecule has 2 aromatic rings. The highest BCUT2D eigenvalue weighted by Gasteiger charge is 2.39. The molecular weight excluding hydrogens is 438 g/mol. The van der Waals surface area contributed by atoms with Crippen LogP contribution >= 0.6 is 23.2 Å². The highest BCUT2D eigenvalue weighted by atomic mass is 35.5. The summed E-state index contributed by atoms with van der Waals surface area (Å²) >= 11 is 12.2. The van der Waals surface area contributed by atoms with Crippen molar-refractivity contribution in [2.45, 2.75) is 51.0 Å². The van der Waals surface area contributed by atoms with Gasteiger partial charge in [-0.05, 0) is 54.7 Å². The number of rotatable bonds is 5. The van der Waals surface area contributed by atoms with E-state index in [2.05, 4.69) is 4.90 Å². The molecule has 3 nitrogen and oxygen atoms in total. The molecule has 3 atom stereocenters. The highest BCUT2D eigenvalue weighted by Crippen LogP contribution is 2.41. The summed E-state index contributed by atoms with van der Waals surface area (Å²) in [6.07, 6.45) is -2.87. The minimum absolute atomic E-state index is 0.0263. The van der Waals surface area contributed by atoms with Crippen LogP contribution in [0.5, 0.6) is 0 Å². The predicted molar refractivity (Wildman–Crippen MR) is 111 cm³/mol. The van der Waals surface area contributed by atoms with Crippen molar-refractivity contribution in [2.24, 2.45) is 5.92 Å². The zero-order valence-corrected chi connectivity index (χ0v) is 17.8. The molecule has 1 saturated heterocycles. The molecule has 2 aromatic carbocycles. The van der Waals surface area contributed by atoms with Crippen LogP contribution in [0.25, 0.3) is 0 Å². The second-order valence-electron chi connectivity index (χ2n) is 7.62. The lowest BCUT2D eigenvalue weighted by atomic mass is 9.81. The van der Waals surface area contributed by atoms with Crippen LogP contribution in [0.15, 0.2) is 42.5 Å². The third-order valence-electron chi connectivity index (χ3n) is 5.73. The Balaban J connectivity index is 1.96. The molecule has 0 aliphatic carbocycles. The van der Waals surface area contributed by atoms with E-state index in [-0.39, 0.29) is 12.1 Å². The van der Waals surface area contributed by atoms with E-state index < -0.39 is 23.6 Å². The third-order valence-corrected chi connectivity index (χ3v) is 6.47. The average Bonchev–Trinajstić information content (AvgIpc) is 2.70. The first-order chi connectivity index (χ1) is 14.1. The number of halogens is 5. The van der Waals surface area contributed by atoms with Gasteiger partial charge in [-0.3, -0.25) is 9.69 Å². The molecule has 1 fully saturated rings. The van der Waals surface area contributed by atoms with Crippen molar-refractivity contribution in [2.75, 3.05) is 0 Å². The number of alkyl halides is 3. The van der Waals surface area contributed by atoms with Crippen molar-refractivity contribution in [3.05, 3.63) is 69.2 Å². The summed E-state index contributed by atoms with van der Waals surface area (Å²) in [6, 6.07) is 9.99. The number of hydrogen-bond acceptors (Lipinski definition) is 2. The standard InChI is InChI=1S/C22H22Cl2F3NO2/c1-2-17-10-15(21(29)30)11-20(14-4-6-16(7-5-14)22(25,26)27)28(17)12-13-3-8-18(23)19(24)9-13/h3-9,15,17,20H,2,10-12H2,1H3,(H,29,30)/t15-,17-,20?/m1/s1. The normalized spacial score (nSPS) is 22.8. The molecule has 0 bridgehead atoms. The van der Waals surface area contributed by atoms with Crippen molar-refractivity contribution >= 4 is 29.2 Å². The zero-order chi connectivity index (χ0) is 22.1. The van der Waals surface area contributed by atoms with Gasteiger partial charge < -0.3 is 5.11 Å². The largest absolute Gasteiger partial charge is 0.481 e. The van der Waals surface area contributed by atoms with Gasteiger partial charge in [-0.15, -0.1) is 0 Å². The summed E-state index contributed by atoms with van der Waals surface area (Å²) in [4.78, 5) is 13.9. The fraction of sp³-hybridized carbons (Fsp3) is 0.409. The Hall–Kier alpha value is -1.76. The molecule has 162 valence electrons. The van der Waals surface area contributed by atoms with E-state index in [1.807, 2.05) is 13.0 Å². The van der Waals surface area contributed by atoms with Gasteiger partial charge in [0.2, 0.25) is 0 Å². The van der Waals surface area contributed by atoms with Crippen molar-refractivity contribution in [3.8, 4) is 0 Å². The molecule has 1 aliphatic heterocycles. The molecule has 0 amide bonds. The first-order valence-electron chi connectivity index (χ1n) is 9.69. The van der Waals surface area contributed by atoms with Gasteiger partial charge in [0.25, 0.3) is 0 Å². The number of hydrogen-bond donors (Lipinski definition) is 1. The summed E-state index contributed by atoms with van der Waals surface area (Å²) in [5.74, 6) is -1.42. The van der Waals surface area contributed by atoms with Gasteiger partial charge in [0.1, 0.15) is 0 Å². The second kappa shape index (κ2) is 9.16. The van der Waals surface area contributed by atoms with E-state index in [1.165, 1.54) is 12.1 Å². The lowest BCUT2D eigenvalue weighted by molar-refractivity contribution is -0.145.